The second kappa shape index (κ2) is 16.2. The van der Waals surface area contributed by atoms with E-state index in [0.717, 1.165) is 0 Å². The van der Waals surface area contributed by atoms with Crippen molar-refractivity contribution in [2.24, 2.45) is 16.2 Å². The van der Waals surface area contributed by atoms with Crippen LogP contribution in [0.3, 0.4) is 0 Å². The Kier molecular flexibility index (Phi) is 12.8. The fourth-order valence-corrected chi connectivity index (χ4v) is 6.40. The van der Waals surface area contributed by atoms with Crippen molar-refractivity contribution in [3.05, 3.63) is 69.2 Å². The van der Waals surface area contributed by atoms with Crippen LogP contribution >= 0.6 is 0 Å². The molecule has 2 aliphatic heterocycles. The first-order valence-corrected chi connectivity index (χ1v) is 18.5. The number of carbonyl (C=O) groups is 2. The Balaban J connectivity index is 1.26. The Morgan fingerprint density at radius 1 is 0.636 bits per heavy atom. The molecule has 12 nitrogen and oxygen atoms in total. The first-order chi connectivity index (χ1) is 25.2. The number of aromatic hydroxyl groups is 2. The summed E-state index contributed by atoms with van der Waals surface area (Å²) in [6.45, 7) is 23.5. The normalized spacial score (nSPS) is 21.7. The lowest BCUT2D eigenvalue weighted by Crippen LogP contribution is -2.57. The standard InChI is InChI=1S/C43H60O12/c1-25-13-27(15-29(33(25)46)39(3,4)5)17-31(44)35(48)50-19-41(9,10)37-52-21-43(22-53-37)23-54-38(55-24-43)42(11,12)20-51-36(49)32(45)18-28-14-26(2)34(47)30(16-28)40(6,7)8/h13-18,37-38,44-47H,19-24H2,1-12H3. The molecule has 304 valence electrons. The van der Waals surface area contributed by atoms with Crippen molar-refractivity contribution < 1.29 is 58.4 Å². The van der Waals surface area contributed by atoms with Crippen molar-refractivity contribution in [2.45, 2.75) is 106 Å². The van der Waals surface area contributed by atoms with Gasteiger partial charge in [0, 0.05) is 22.0 Å². The summed E-state index contributed by atoms with van der Waals surface area (Å²) in [5, 5.41) is 42.1. The number of hydrogen-bond donors (Lipinski definition) is 4. The lowest BCUT2D eigenvalue weighted by Gasteiger charge is -2.48. The first kappa shape index (κ1) is 43.6. The summed E-state index contributed by atoms with van der Waals surface area (Å²) in [5.41, 5.74) is 0.943. The SMILES string of the molecule is Cc1cc(C=C(O)C(=O)OCC(C)(C)C2OCC3(CO2)COC(C(C)(C)COC(=O)C(O)=Cc2cc(C)c(O)c(C(C)(C)C)c2)OC3)cc(C(C)(C)C)c1O. The molecule has 4 N–H and O–H groups in total. The predicted molar refractivity (Wildman–Crippen MR) is 208 cm³/mol. The largest absolute Gasteiger partial charge is 0.507 e. The van der Waals surface area contributed by atoms with Crippen molar-refractivity contribution in [3.63, 3.8) is 0 Å². The third-order valence-electron chi connectivity index (χ3n) is 9.88. The van der Waals surface area contributed by atoms with Gasteiger partial charge in [0.15, 0.2) is 12.6 Å². The summed E-state index contributed by atoms with van der Waals surface area (Å²) in [6.07, 6.45) is 1.20. The molecule has 0 saturated carbocycles. The van der Waals surface area contributed by atoms with Crippen LogP contribution in [0.4, 0.5) is 0 Å². The molecule has 2 heterocycles. The number of benzene rings is 2. The van der Waals surface area contributed by atoms with Crippen LogP contribution in [0.25, 0.3) is 12.2 Å². The summed E-state index contributed by atoms with van der Waals surface area (Å²) in [6, 6.07) is 6.84. The minimum absolute atomic E-state index is 0.0947. The van der Waals surface area contributed by atoms with Gasteiger partial charge in [-0.15, -0.1) is 0 Å². The zero-order valence-electron chi connectivity index (χ0n) is 34.4. The van der Waals surface area contributed by atoms with Gasteiger partial charge in [0.2, 0.25) is 11.5 Å². The molecule has 4 rings (SSSR count). The average molecular weight is 769 g/mol. The third kappa shape index (κ3) is 10.6. The van der Waals surface area contributed by atoms with Gasteiger partial charge in [-0.2, -0.15) is 0 Å². The fourth-order valence-electron chi connectivity index (χ4n) is 6.40. The Hall–Kier alpha value is -4.10. The maximum atomic E-state index is 12.8. The molecule has 0 atom stereocenters. The van der Waals surface area contributed by atoms with Crippen molar-refractivity contribution in [1.29, 1.82) is 0 Å². The van der Waals surface area contributed by atoms with Gasteiger partial charge >= 0.3 is 11.9 Å². The second-order valence-electron chi connectivity index (χ2n) is 18.6. The number of aliphatic hydroxyl groups excluding tert-OH is 2. The highest BCUT2D eigenvalue weighted by molar-refractivity contribution is 5.91. The van der Waals surface area contributed by atoms with E-state index in [0.29, 0.717) is 33.4 Å². The number of ether oxygens (including phenoxy) is 6. The molecular weight excluding hydrogens is 708 g/mol. The number of aliphatic hydroxyl groups is 2. The minimum atomic E-state index is -0.898. The molecule has 0 aromatic heterocycles. The number of rotatable bonds is 10. The summed E-state index contributed by atoms with van der Waals surface area (Å²) in [5.74, 6) is -2.57. The van der Waals surface area contributed by atoms with E-state index in [1.54, 1.807) is 38.1 Å². The van der Waals surface area contributed by atoms with E-state index >= 15 is 0 Å². The van der Waals surface area contributed by atoms with E-state index < -0.39 is 52.3 Å². The highest BCUT2D eigenvalue weighted by Gasteiger charge is 2.48. The Bertz CT molecular complexity index is 1650. The first-order valence-electron chi connectivity index (χ1n) is 18.5. The van der Waals surface area contributed by atoms with Gasteiger partial charge in [0.25, 0.3) is 0 Å². The number of aryl methyl sites for hydroxylation is 2. The van der Waals surface area contributed by atoms with Crippen molar-refractivity contribution in [3.8, 4) is 11.5 Å². The van der Waals surface area contributed by atoms with E-state index in [9.17, 15) is 30.0 Å². The van der Waals surface area contributed by atoms with E-state index in [-0.39, 0.29) is 62.0 Å². The van der Waals surface area contributed by atoms with E-state index in [1.807, 2.05) is 69.2 Å². The van der Waals surface area contributed by atoms with Crippen LogP contribution in [0, 0.1) is 30.1 Å². The molecule has 2 saturated heterocycles. The van der Waals surface area contributed by atoms with E-state index in [4.69, 9.17) is 28.4 Å². The molecule has 2 aromatic rings. The Labute approximate surface area is 325 Å². The molecule has 55 heavy (non-hydrogen) atoms. The monoisotopic (exact) mass is 768 g/mol. The second-order valence-corrected chi connectivity index (χ2v) is 18.6. The molecule has 2 aliphatic rings. The van der Waals surface area contributed by atoms with Gasteiger partial charge in [-0.3, -0.25) is 0 Å². The number of hydrogen-bond acceptors (Lipinski definition) is 12. The van der Waals surface area contributed by atoms with Crippen LogP contribution in [0.2, 0.25) is 0 Å². The predicted octanol–water partition coefficient (Wildman–Crippen LogP) is 7.68. The molecular formula is C43H60O12. The van der Waals surface area contributed by atoms with Gasteiger partial charge in [0.1, 0.15) is 24.7 Å². The van der Waals surface area contributed by atoms with Crippen molar-refractivity contribution in [1.82, 2.24) is 0 Å². The summed E-state index contributed by atoms with van der Waals surface area (Å²) in [7, 11) is 0. The van der Waals surface area contributed by atoms with E-state index in [1.165, 1.54) is 12.2 Å². The maximum Gasteiger partial charge on any atom is 0.373 e. The molecule has 0 radical (unpaired) electrons. The average Bonchev–Trinajstić information content (AvgIpc) is 3.08. The quantitative estimate of drug-likeness (QED) is 0.106. The third-order valence-corrected chi connectivity index (χ3v) is 9.88. The maximum absolute atomic E-state index is 12.8. The zero-order valence-corrected chi connectivity index (χ0v) is 34.4. The molecule has 0 unspecified atom stereocenters. The van der Waals surface area contributed by atoms with Gasteiger partial charge in [0.05, 0.1) is 31.8 Å². The number of esters is 2. The fraction of sp³-hybridized carbons (Fsp3) is 0.581. The number of phenols is 2. The van der Waals surface area contributed by atoms with Crippen molar-refractivity contribution >= 4 is 24.1 Å². The highest BCUT2D eigenvalue weighted by atomic mass is 16.7. The lowest BCUT2D eigenvalue weighted by molar-refractivity contribution is -0.337. The van der Waals surface area contributed by atoms with Gasteiger partial charge in [-0.1, -0.05) is 69.2 Å². The smallest absolute Gasteiger partial charge is 0.373 e. The van der Waals surface area contributed by atoms with Crippen LogP contribution in [0.5, 0.6) is 11.5 Å². The molecule has 0 bridgehead atoms. The van der Waals surface area contributed by atoms with Crippen LogP contribution in [0.1, 0.15) is 103 Å². The molecule has 2 fully saturated rings. The van der Waals surface area contributed by atoms with Crippen molar-refractivity contribution in [2.75, 3.05) is 39.6 Å². The summed E-state index contributed by atoms with van der Waals surface area (Å²) in [4.78, 5) is 25.5. The van der Waals surface area contributed by atoms with E-state index in [2.05, 4.69) is 0 Å². The molecule has 1 spiro atoms. The van der Waals surface area contributed by atoms with Crippen LogP contribution in [0.15, 0.2) is 35.8 Å². The van der Waals surface area contributed by atoms with Crippen LogP contribution < -0.4 is 0 Å². The number of carbonyl (C=O) groups excluding carboxylic acids is 2. The van der Waals surface area contributed by atoms with Crippen LogP contribution in [-0.4, -0.2) is 84.6 Å². The molecule has 12 heteroatoms. The molecule has 0 aliphatic carbocycles. The summed E-state index contributed by atoms with van der Waals surface area (Å²) < 4.78 is 35.4. The van der Waals surface area contributed by atoms with Gasteiger partial charge in [-0.25, -0.2) is 9.59 Å². The zero-order chi connectivity index (χ0) is 41.3. The highest BCUT2D eigenvalue weighted by Crippen LogP contribution is 2.40. The van der Waals surface area contributed by atoms with Gasteiger partial charge < -0.3 is 48.8 Å². The Morgan fingerprint density at radius 3 is 1.24 bits per heavy atom. The summed E-state index contributed by atoms with van der Waals surface area (Å²) >= 11 is 0. The molecule has 2 aromatic carbocycles. The minimum Gasteiger partial charge on any atom is -0.507 e. The van der Waals surface area contributed by atoms with Crippen LogP contribution in [-0.2, 0) is 48.8 Å². The number of phenolic OH excluding ortho intramolecular Hbond substituents is 2. The topological polar surface area (TPSA) is 170 Å². The van der Waals surface area contributed by atoms with Gasteiger partial charge in [-0.05, 0) is 83.3 Å². The lowest BCUT2D eigenvalue weighted by atomic mass is 9.84. The Morgan fingerprint density at radius 2 is 0.945 bits per heavy atom. The molecule has 0 amide bonds.